The quantitative estimate of drug-likeness (QED) is 0.381. The summed E-state index contributed by atoms with van der Waals surface area (Å²) in [7, 11) is 1.28. The highest BCUT2D eigenvalue weighted by molar-refractivity contribution is 6.06. The van der Waals surface area contributed by atoms with Crippen LogP contribution < -0.4 is 24.6 Å². The second-order valence-corrected chi connectivity index (χ2v) is 9.16. The number of rotatable bonds is 13. The third-order valence-corrected chi connectivity index (χ3v) is 6.73. The Kier molecular flexibility index (Phi) is 8.63. The molecule has 1 aliphatic heterocycles. The summed E-state index contributed by atoms with van der Waals surface area (Å²) >= 11 is 0. The number of carbonyl (C=O) groups is 1. The zero-order chi connectivity index (χ0) is 26.5. The number of nitrogens with zero attached hydrogens (tertiary/aromatic N) is 5. The number of unbranched alkanes of at least 4 members (excludes halogenated alkanes) is 1. The van der Waals surface area contributed by atoms with Crippen molar-refractivity contribution in [2.45, 2.75) is 59.0 Å². The van der Waals surface area contributed by atoms with Crippen LogP contribution in [0.5, 0.6) is 11.5 Å². The van der Waals surface area contributed by atoms with E-state index in [-0.39, 0.29) is 30.7 Å². The minimum Gasteiger partial charge on any atom is -0.493 e. The number of hydrogen-bond acceptors (Lipinski definition) is 7. The van der Waals surface area contributed by atoms with Crippen molar-refractivity contribution in [3.8, 4) is 11.5 Å². The average molecular weight is 519 g/mol. The highest BCUT2D eigenvalue weighted by Crippen LogP contribution is 2.43. The average Bonchev–Trinajstić information content (AvgIpc) is 3.73. The summed E-state index contributed by atoms with van der Waals surface area (Å²) in [5.41, 5.74) is 0.109. The zero-order valence-corrected chi connectivity index (χ0v) is 22.0. The van der Waals surface area contributed by atoms with Gasteiger partial charge >= 0.3 is 6.03 Å². The van der Waals surface area contributed by atoms with E-state index in [2.05, 4.69) is 34.0 Å². The van der Waals surface area contributed by atoms with Crippen molar-refractivity contribution in [2.75, 3.05) is 55.0 Å². The van der Waals surface area contributed by atoms with E-state index < -0.39 is 23.4 Å². The molecule has 2 aromatic rings. The SMILES string of the molecule is CCOc1cc(OC)c(F)c(N2Cc3cnc(NCCCCN(CC)CC)nc3N(C3CC3)C2=O)c1F. The molecule has 9 nitrogen and oxygen atoms in total. The van der Waals surface area contributed by atoms with Gasteiger partial charge in [-0.3, -0.25) is 9.80 Å². The summed E-state index contributed by atoms with van der Waals surface area (Å²) in [4.78, 5) is 27.7. The second kappa shape index (κ2) is 11.9. The van der Waals surface area contributed by atoms with Crippen molar-refractivity contribution in [1.82, 2.24) is 14.9 Å². The van der Waals surface area contributed by atoms with Crippen LogP contribution in [0.25, 0.3) is 0 Å². The predicted molar refractivity (Wildman–Crippen MR) is 139 cm³/mol. The molecule has 0 bridgehead atoms. The van der Waals surface area contributed by atoms with Gasteiger partial charge in [-0.15, -0.1) is 0 Å². The first kappa shape index (κ1) is 26.8. The largest absolute Gasteiger partial charge is 0.493 e. The Hall–Kier alpha value is -3.21. The summed E-state index contributed by atoms with van der Waals surface area (Å²) in [6.45, 7) is 9.94. The highest BCUT2D eigenvalue weighted by Gasteiger charge is 2.44. The number of urea groups is 1. The molecule has 202 valence electrons. The summed E-state index contributed by atoms with van der Waals surface area (Å²) in [6, 6.07) is 0.545. The van der Waals surface area contributed by atoms with Gasteiger partial charge in [-0.05, 0) is 52.2 Å². The molecule has 2 aliphatic rings. The van der Waals surface area contributed by atoms with Crippen LogP contribution >= 0.6 is 0 Å². The van der Waals surface area contributed by atoms with Crippen molar-refractivity contribution in [1.29, 1.82) is 0 Å². The Balaban J connectivity index is 1.57. The number of aromatic nitrogens is 2. The fraction of sp³-hybridized carbons (Fsp3) is 0.577. The van der Waals surface area contributed by atoms with Crippen molar-refractivity contribution in [3.63, 3.8) is 0 Å². The van der Waals surface area contributed by atoms with Gasteiger partial charge < -0.3 is 19.7 Å². The molecule has 1 aromatic heterocycles. The normalized spacial score (nSPS) is 15.3. The van der Waals surface area contributed by atoms with E-state index in [9.17, 15) is 4.79 Å². The lowest BCUT2D eigenvalue weighted by atomic mass is 10.1. The molecule has 1 aliphatic carbocycles. The summed E-state index contributed by atoms with van der Waals surface area (Å²) < 4.78 is 41.2. The number of fused-ring (bicyclic) bond motifs is 1. The molecule has 0 unspecified atom stereocenters. The number of nitrogens with one attached hydrogen (secondary N) is 1. The Morgan fingerprint density at radius 2 is 1.86 bits per heavy atom. The number of hydrogen-bond donors (Lipinski definition) is 1. The molecule has 1 saturated carbocycles. The van der Waals surface area contributed by atoms with Crippen LogP contribution in [0.3, 0.4) is 0 Å². The van der Waals surface area contributed by atoms with Crippen LogP contribution in [0, 0.1) is 11.6 Å². The third kappa shape index (κ3) is 5.71. The van der Waals surface area contributed by atoms with E-state index in [1.165, 1.54) is 12.0 Å². The number of methoxy groups -OCH3 is 1. The number of anilines is 3. The number of carbonyl (C=O) groups excluding carboxylic acids is 1. The maximum absolute atomic E-state index is 15.4. The minimum absolute atomic E-state index is 0.0750. The van der Waals surface area contributed by atoms with E-state index in [0.717, 1.165) is 56.3 Å². The van der Waals surface area contributed by atoms with Crippen LogP contribution in [0.1, 0.15) is 52.0 Å². The maximum Gasteiger partial charge on any atom is 0.330 e. The highest BCUT2D eigenvalue weighted by atomic mass is 19.1. The minimum atomic E-state index is -0.958. The van der Waals surface area contributed by atoms with Gasteiger partial charge in [-0.2, -0.15) is 4.98 Å². The number of benzene rings is 1. The van der Waals surface area contributed by atoms with Crippen LogP contribution in [0.2, 0.25) is 0 Å². The smallest absolute Gasteiger partial charge is 0.330 e. The number of halogens is 2. The number of ether oxygens (including phenoxy) is 2. The first-order valence-electron chi connectivity index (χ1n) is 13.0. The molecule has 2 heterocycles. The van der Waals surface area contributed by atoms with Gasteiger partial charge in [0.2, 0.25) is 5.95 Å². The lowest BCUT2D eigenvalue weighted by molar-refractivity contribution is 0.248. The van der Waals surface area contributed by atoms with E-state index in [0.29, 0.717) is 23.9 Å². The summed E-state index contributed by atoms with van der Waals surface area (Å²) in [5, 5.41) is 3.25. The van der Waals surface area contributed by atoms with Crippen LogP contribution in [-0.4, -0.2) is 66.8 Å². The Morgan fingerprint density at radius 3 is 2.51 bits per heavy atom. The Morgan fingerprint density at radius 1 is 1.14 bits per heavy atom. The maximum atomic E-state index is 15.4. The molecule has 4 rings (SSSR count). The molecular weight excluding hydrogens is 482 g/mol. The fourth-order valence-corrected chi connectivity index (χ4v) is 4.52. The fourth-order valence-electron chi connectivity index (χ4n) is 4.52. The molecule has 1 aromatic carbocycles. The van der Waals surface area contributed by atoms with Crippen LogP contribution in [0.15, 0.2) is 12.3 Å². The Bertz CT molecular complexity index is 1110. The molecule has 0 atom stereocenters. The van der Waals surface area contributed by atoms with Crippen LogP contribution in [-0.2, 0) is 6.54 Å². The molecule has 1 N–H and O–H groups in total. The third-order valence-electron chi connectivity index (χ3n) is 6.73. The topological polar surface area (TPSA) is 83.1 Å². The van der Waals surface area contributed by atoms with Crippen LogP contribution in [0.4, 0.5) is 31.0 Å². The van der Waals surface area contributed by atoms with Gasteiger partial charge in [0.25, 0.3) is 0 Å². The molecule has 37 heavy (non-hydrogen) atoms. The standard InChI is InChI=1S/C26H36F2N6O3/c1-5-32(6-2)13-9-8-12-29-25-30-15-17-16-33(26(35)34(18-10-11-18)24(17)31-25)23-21(27)19(36-4)14-20(22(23)28)37-7-3/h14-15,18H,5-13,16H2,1-4H3,(H,29,30,31). The molecule has 0 saturated heterocycles. The van der Waals surface area contributed by atoms with Gasteiger partial charge in [0, 0.05) is 30.4 Å². The molecule has 0 spiro atoms. The second-order valence-electron chi connectivity index (χ2n) is 9.16. The van der Waals surface area contributed by atoms with E-state index in [1.807, 2.05) is 0 Å². The first-order chi connectivity index (χ1) is 17.9. The van der Waals surface area contributed by atoms with Crippen molar-refractivity contribution in [3.05, 3.63) is 29.5 Å². The van der Waals surface area contributed by atoms with Gasteiger partial charge in [-0.1, -0.05) is 13.8 Å². The van der Waals surface area contributed by atoms with Gasteiger partial charge in [-0.25, -0.2) is 18.6 Å². The lowest BCUT2D eigenvalue weighted by Gasteiger charge is -2.36. The molecule has 2 amide bonds. The van der Waals surface area contributed by atoms with E-state index in [4.69, 9.17) is 9.47 Å². The summed E-state index contributed by atoms with van der Waals surface area (Å²) in [5.74, 6) is -1.36. The Labute approximate surface area is 216 Å². The zero-order valence-electron chi connectivity index (χ0n) is 22.0. The predicted octanol–water partition coefficient (Wildman–Crippen LogP) is 4.81. The van der Waals surface area contributed by atoms with E-state index in [1.54, 1.807) is 13.1 Å². The van der Waals surface area contributed by atoms with Gasteiger partial charge in [0.15, 0.2) is 23.1 Å². The number of amides is 2. The van der Waals surface area contributed by atoms with Gasteiger partial charge in [0.05, 0.1) is 20.3 Å². The molecule has 11 heteroatoms. The molecule has 0 radical (unpaired) electrons. The lowest BCUT2D eigenvalue weighted by Crippen LogP contribution is -2.49. The first-order valence-corrected chi connectivity index (χ1v) is 13.0. The van der Waals surface area contributed by atoms with Gasteiger partial charge in [0.1, 0.15) is 11.5 Å². The summed E-state index contributed by atoms with van der Waals surface area (Å²) in [6.07, 6.45) is 5.23. The van der Waals surface area contributed by atoms with Crippen molar-refractivity contribution >= 4 is 23.5 Å². The van der Waals surface area contributed by atoms with Crippen molar-refractivity contribution in [2.24, 2.45) is 0 Å². The molecule has 1 fully saturated rings. The van der Waals surface area contributed by atoms with E-state index >= 15 is 8.78 Å². The van der Waals surface area contributed by atoms with Crippen molar-refractivity contribution < 1.29 is 23.0 Å². The molecular formula is C26H36F2N6O3. The monoisotopic (exact) mass is 518 g/mol.